The number of amides is 1. The molecule has 0 saturated heterocycles. The largest absolute Gasteiger partial charge is 0.390 e. The number of anilines is 1. The number of hydrogen-bond acceptors (Lipinski definition) is 5. The van der Waals surface area contributed by atoms with Gasteiger partial charge >= 0.3 is 0 Å². The molecule has 0 atom stereocenters. The summed E-state index contributed by atoms with van der Waals surface area (Å²) in [6.45, 7) is 3.72. The summed E-state index contributed by atoms with van der Waals surface area (Å²) in [5, 5.41) is 17.6. The van der Waals surface area contributed by atoms with E-state index in [9.17, 15) is 14.3 Å². The first-order valence-electron chi connectivity index (χ1n) is 11.7. The molecule has 3 heterocycles. The van der Waals surface area contributed by atoms with Crippen LogP contribution in [-0.4, -0.2) is 43.2 Å². The van der Waals surface area contributed by atoms with Crippen molar-refractivity contribution in [2.75, 3.05) is 5.32 Å². The molecule has 0 radical (unpaired) electrons. The first-order chi connectivity index (χ1) is 15.8. The lowest BCUT2D eigenvalue weighted by Crippen LogP contribution is -2.42. The molecule has 2 aliphatic carbocycles. The highest BCUT2D eigenvalue weighted by Gasteiger charge is 2.32. The summed E-state index contributed by atoms with van der Waals surface area (Å²) in [4.78, 5) is 21.9. The molecule has 1 amide bonds. The van der Waals surface area contributed by atoms with Crippen molar-refractivity contribution in [1.29, 1.82) is 0 Å². The molecule has 174 valence electrons. The molecule has 0 aliphatic heterocycles. The third-order valence-electron chi connectivity index (χ3n) is 6.87. The second-order valence-electron chi connectivity index (χ2n) is 9.93. The number of carbonyl (C=O) groups is 1. The lowest BCUT2D eigenvalue weighted by Gasteiger charge is -2.36. The van der Waals surface area contributed by atoms with Crippen LogP contribution in [0.1, 0.15) is 62.7 Å². The molecule has 0 aromatic carbocycles. The van der Waals surface area contributed by atoms with Gasteiger partial charge in [0.1, 0.15) is 17.3 Å². The van der Waals surface area contributed by atoms with Gasteiger partial charge in [-0.1, -0.05) is 0 Å². The standard InChI is InChI=1S/C25H30FN5O2/c1-25(2,33)16-3-5-19(6-4-16)30-24(32)20-14-27-22(12-21(20)29-18-7-8-18)31-10-9-15-11-17(26)13-28-23(15)31/h9-14,16,18-19,33H,3-8H2,1-2H3,(H,27,29)(H,30,32). The normalized spacial score (nSPS) is 21.2. The predicted molar refractivity (Wildman–Crippen MR) is 125 cm³/mol. The summed E-state index contributed by atoms with van der Waals surface area (Å²) in [6.07, 6.45) is 10.3. The predicted octanol–water partition coefficient (Wildman–Crippen LogP) is 4.19. The van der Waals surface area contributed by atoms with Crippen LogP contribution in [0, 0.1) is 11.7 Å². The van der Waals surface area contributed by atoms with Gasteiger partial charge in [-0.25, -0.2) is 14.4 Å². The topological polar surface area (TPSA) is 92.1 Å². The number of halogens is 1. The number of nitrogens with one attached hydrogen (secondary N) is 2. The van der Waals surface area contributed by atoms with E-state index in [1.54, 1.807) is 23.0 Å². The van der Waals surface area contributed by atoms with Crippen LogP contribution in [0.4, 0.5) is 10.1 Å². The average Bonchev–Trinajstić information content (AvgIpc) is 3.49. The molecule has 7 nitrogen and oxygen atoms in total. The number of fused-ring (bicyclic) bond motifs is 1. The van der Waals surface area contributed by atoms with Gasteiger partial charge in [-0.05, 0) is 70.4 Å². The van der Waals surface area contributed by atoms with E-state index in [1.807, 2.05) is 19.9 Å². The van der Waals surface area contributed by atoms with Crippen LogP contribution in [-0.2, 0) is 0 Å². The Kier molecular flexibility index (Phi) is 5.56. The van der Waals surface area contributed by atoms with Crippen LogP contribution in [0.15, 0.2) is 36.8 Å². The van der Waals surface area contributed by atoms with Gasteiger partial charge in [0, 0.05) is 35.9 Å². The van der Waals surface area contributed by atoms with Crippen molar-refractivity contribution >= 4 is 22.6 Å². The molecular weight excluding hydrogens is 421 g/mol. The number of nitrogens with zero attached hydrogens (tertiary/aromatic N) is 3. The molecule has 3 aromatic heterocycles. The number of hydrogen-bond donors (Lipinski definition) is 3. The second-order valence-corrected chi connectivity index (χ2v) is 9.93. The maximum atomic E-state index is 13.5. The Morgan fingerprint density at radius 2 is 1.82 bits per heavy atom. The fourth-order valence-electron chi connectivity index (χ4n) is 4.71. The highest BCUT2D eigenvalue weighted by Crippen LogP contribution is 2.33. The number of pyridine rings is 2. The molecule has 2 fully saturated rings. The number of carbonyl (C=O) groups excluding carboxylic acids is 1. The molecule has 2 aliphatic rings. The number of rotatable bonds is 6. The Bertz CT molecular complexity index is 1170. The van der Waals surface area contributed by atoms with Crippen molar-refractivity contribution in [1.82, 2.24) is 19.9 Å². The molecule has 3 aromatic rings. The Labute approximate surface area is 192 Å². The molecule has 3 N–H and O–H groups in total. The van der Waals surface area contributed by atoms with E-state index in [-0.39, 0.29) is 23.7 Å². The van der Waals surface area contributed by atoms with Gasteiger partial charge in [0.15, 0.2) is 0 Å². The molecule has 0 bridgehead atoms. The molecule has 0 unspecified atom stereocenters. The van der Waals surface area contributed by atoms with Crippen LogP contribution in [0.2, 0.25) is 0 Å². The Balaban J connectivity index is 1.37. The summed E-state index contributed by atoms with van der Waals surface area (Å²) in [5.41, 5.74) is 1.20. The highest BCUT2D eigenvalue weighted by atomic mass is 19.1. The molecular formula is C25H30FN5O2. The Morgan fingerprint density at radius 1 is 1.09 bits per heavy atom. The minimum absolute atomic E-state index is 0.0945. The van der Waals surface area contributed by atoms with Crippen LogP contribution in [0.25, 0.3) is 16.9 Å². The zero-order chi connectivity index (χ0) is 23.2. The SMILES string of the molecule is CC(C)(O)C1CCC(NC(=O)c2cnc(-n3ccc4cc(F)cnc43)cc2NC2CC2)CC1. The van der Waals surface area contributed by atoms with Gasteiger partial charge in [0.05, 0.1) is 23.0 Å². The fraction of sp³-hybridized carbons (Fsp3) is 0.480. The highest BCUT2D eigenvalue weighted by molar-refractivity contribution is 6.00. The van der Waals surface area contributed by atoms with Crippen molar-refractivity contribution < 1.29 is 14.3 Å². The van der Waals surface area contributed by atoms with Crippen LogP contribution >= 0.6 is 0 Å². The maximum absolute atomic E-state index is 13.5. The van der Waals surface area contributed by atoms with Gasteiger partial charge in [-0.2, -0.15) is 0 Å². The van der Waals surface area contributed by atoms with Crippen LogP contribution < -0.4 is 10.6 Å². The van der Waals surface area contributed by atoms with Crippen molar-refractivity contribution in [3.8, 4) is 5.82 Å². The number of aliphatic hydroxyl groups is 1. The van der Waals surface area contributed by atoms with Crippen molar-refractivity contribution in [2.24, 2.45) is 5.92 Å². The van der Waals surface area contributed by atoms with Gasteiger partial charge in [0.2, 0.25) is 0 Å². The first-order valence-corrected chi connectivity index (χ1v) is 11.7. The lowest BCUT2D eigenvalue weighted by molar-refractivity contribution is -0.00257. The quantitative estimate of drug-likeness (QED) is 0.523. The van der Waals surface area contributed by atoms with Crippen molar-refractivity contribution in [2.45, 2.75) is 70.1 Å². The smallest absolute Gasteiger partial charge is 0.255 e. The monoisotopic (exact) mass is 451 g/mol. The summed E-state index contributed by atoms with van der Waals surface area (Å²) < 4.78 is 15.3. The van der Waals surface area contributed by atoms with Gasteiger partial charge in [0.25, 0.3) is 5.91 Å². The van der Waals surface area contributed by atoms with Crippen LogP contribution in [0.3, 0.4) is 0 Å². The molecule has 0 spiro atoms. The third-order valence-corrected chi connectivity index (χ3v) is 6.87. The van der Waals surface area contributed by atoms with Crippen LogP contribution in [0.5, 0.6) is 0 Å². The molecule has 33 heavy (non-hydrogen) atoms. The van der Waals surface area contributed by atoms with Crippen molar-refractivity contribution in [3.63, 3.8) is 0 Å². The maximum Gasteiger partial charge on any atom is 0.255 e. The van der Waals surface area contributed by atoms with Gasteiger partial charge in [-0.15, -0.1) is 0 Å². The van der Waals surface area contributed by atoms with E-state index in [2.05, 4.69) is 20.6 Å². The van der Waals surface area contributed by atoms with E-state index in [4.69, 9.17) is 0 Å². The van der Waals surface area contributed by atoms with E-state index >= 15 is 0 Å². The lowest BCUT2D eigenvalue weighted by atomic mass is 9.77. The summed E-state index contributed by atoms with van der Waals surface area (Å²) >= 11 is 0. The average molecular weight is 452 g/mol. The molecule has 2 saturated carbocycles. The zero-order valence-corrected chi connectivity index (χ0v) is 19.0. The van der Waals surface area contributed by atoms with Gasteiger partial charge in [-0.3, -0.25) is 9.36 Å². The molecule has 8 heteroatoms. The zero-order valence-electron chi connectivity index (χ0n) is 19.0. The van der Waals surface area contributed by atoms with E-state index in [0.29, 0.717) is 28.5 Å². The summed E-state index contributed by atoms with van der Waals surface area (Å²) in [6, 6.07) is 5.56. The van der Waals surface area contributed by atoms with Crippen molar-refractivity contribution in [3.05, 3.63) is 48.2 Å². The van der Waals surface area contributed by atoms with E-state index < -0.39 is 5.60 Å². The number of aromatic nitrogens is 3. The fourth-order valence-corrected chi connectivity index (χ4v) is 4.71. The van der Waals surface area contributed by atoms with E-state index in [0.717, 1.165) is 44.2 Å². The Morgan fingerprint density at radius 3 is 2.52 bits per heavy atom. The summed E-state index contributed by atoms with van der Waals surface area (Å²) in [7, 11) is 0. The first kappa shape index (κ1) is 21.8. The minimum Gasteiger partial charge on any atom is -0.390 e. The third kappa shape index (κ3) is 4.71. The van der Waals surface area contributed by atoms with Gasteiger partial charge < -0.3 is 15.7 Å². The Hall–Kier alpha value is -3.00. The minimum atomic E-state index is -0.681. The second kappa shape index (κ2) is 8.41. The van der Waals surface area contributed by atoms with E-state index in [1.165, 1.54) is 12.3 Å². The molecule has 5 rings (SSSR count). The summed E-state index contributed by atoms with van der Waals surface area (Å²) in [5.74, 6) is 0.362.